The molecule has 0 aliphatic rings. The zero-order valence-electron chi connectivity index (χ0n) is 8.77. The van der Waals surface area contributed by atoms with E-state index in [9.17, 15) is 4.39 Å². The Bertz CT molecular complexity index is 498. The summed E-state index contributed by atoms with van der Waals surface area (Å²) in [6.45, 7) is 0. The van der Waals surface area contributed by atoms with Crippen molar-refractivity contribution in [3.63, 3.8) is 0 Å². The molecule has 0 saturated heterocycles. The van der Waals surface area contributed by atoms with Gasteiger partial charge in [-0.2, -0.15) is 5.26 Å². The minimum Gasteiger partial charge on any atom is -0.258 e. The molecule has 0 saturated carbocycles. The Hall–Kier alpha value is -1.92. The maximum Gasteiger partial charge on any atom is 0.123 e. The third-order valence-electron chi connectivity index (χ3n) is 2.38. The van der Waals surface area contributed by atoms with Gasteiger partial charge in [0.15, 0.2) is 0 Å². The van der Waals surface area contributed by atoms with Crippen molar-refractivity contribution in [1.82, 2.24) is 4.98 Å². The van der Waals surface area contributed by atoms with E-state index in [-0.39, 0.29) is 5.82 Å². The van der Waals surface area contributed by atoms with Gasteiger partial charge in [-0.25, -0.2) is 4.39 Å². The lowest BCUT2D eigenvalue weighted by atomic mass is 9.97. The van der Waals surface area contributed by atoms with E-state index in [1.54, 1.807) is 24.3 Å². The quantitative estimate of drug-likeness (QED) is 0.813. The largest absolute Gasteiger partial charge is 0.258 e. The number of pyridine rings is 1. The van der Waals surface area contributed by atoms with Crippen LogP contribution in [0.15, 0.2) is 42.6 Å². The van der Waals surface area contributed by atoms with Crippen molar-refractivity contribution in [2.24, 2.45) is 0 Å². The Balaban J connectivity index is 2.37. The fourth-order valence-electron chi connectivity index (χ4n) is 1.52. The molecule has 0 aliphatic heterocycles. The van der Waals surface area contributed by atoms with Gasteiger partial charge in [-0.05, 0) is 29.8 Å². The number of hydrogen-bond donors (Lipinski definition) is 0. The molecule has 0 aliphatic carbocycles. The van der Waals surface area contributed by atoms with E-state index < -0.39 is 5.92 Å². The molecule has 0 bridgehead atoms. The van der Waals surface area contributed by atoms with Crippen molar-refractivity contribution < 1.29 is 4.39 Å². The normalized spacial score (nSPS) is 11.8. The summed E-state index contributed by atoms with van der Waals surface area (Å²) in [7, 11) is 0. The number of nitriles is 1. The standard InChI is InChI=1S/C13H8ClFN2/c14-10-3-6-13(17-8-10)12(7-16)9-1-4-11(15)5-2-9/h1-6,8,12H. The summed E-state index contributed by atoms with van der Waals surface area (Å²) in [5, 5.41) is 9.67. The van der Waals surface area contributed by atoms with Crippen molar-refractivity contribution in [3.05, 3.63) is 64.7 Å². The second kappa shape index (κ2) is 4.94. The van der Waals surface area contributed by atoms with Gasteiger partial charge in [-0.3, -0.25) is 4.98 Å². The average Bonchev–Trinajstić information content (AvgIpc) is 2.35. The van der Waals surface area contributed by atoms with Gasteiger partial charge in [0.25, 0.3) is 0 Å². The molecular weight excluding hydrogens is 239 g/mol. The van der Waals surface area contributed by atoms with Crippen molar-refractivity contribution in [2.45, 2.75) is 5.92 Å². The van der Waals surface area contributed by atoms with E-state index >= 15 is 0 Å². The lowest BCUT2D eigenvalue weighted by Crippen LogP contribution is -2.00. The van der Waals surface area contributed by atoms with Crippen LogP contribution >= 0.6 is 11.6 Å². The molecule has 2 aromatic rings. The second-order valence-corrected chi connectivity index (χ2v) is 3.95. The van der Waals surface area contributed by atoms with E-state index in [0.717, 1.165) is 0 Å². The maximum absolute atomic E-state index is 12.8. The minimum absolute atomic E-state index is 0.325. The highest BCUT2D eigenvalue weighted by Gasteiger charge is 2.14. The monoisotopic (exact) mass is 246 g/mol. The third-order valence-corrected chi connectivity index (χ3v) is 2.60. The zero-order valence-corrected chi connectivity index (χ0v) is 9.53. The molecule has 0 fully saturated rings. The highest BCUT2D eigenvalue weighted by atomic mass is 35.5. The van der Waals surface area contributed by atoms with Crippen molar-refractivity contribution in [2.75, 3.05) is 0 Å². The summed E-state index contributed by atoms with van der Waals surface area (Å²) in [5.41, 5.74) is 1.31. The van der Waals surface area contributed by atoms with Gasteiger partial charge in [0, 0.05) is 6.20 Å². The van der Waals surface area contributed by atoms with Crippen LogP contribution in [0.25, 0.3) is 0 Å². The molecule has 84 valence electrons. The zero-order chi connectivity index (χ0) is 12.3. The van der Waals surface area contributed by atoms with E-state index in [2.05, 4.69) is 11.1 Å². The molecule has 1 aromatic carbocycles. The van der Waals surface area contributed by atoms with Gasteiger partial charge in [-0.1, -0.05) is 23.7 Å². The number of hydrogen-bond acceptors (Lipinski definition) is 2. The molecule has 1 unspecified atom stereocenters. The summed E-state index contributed by atoms with van der Waals surface area (Å²) in [6.07, 6.45) is 1.49. The molecule has 0 amide bonds. The van der Waals surface area contributed by atoms with Gasteiger partial charge >= 0.3 is 0 Å². The topological polar surface area (TPSA) is 36.7 Å². The van der Waals surface area contributed by atoms with Crippen LogP contribution in [0.3, 0.4) is 0 Å². The van der Waals surface area contributed by atoms with Gasteiger partial charge in [0.1, 0.15) is 11.7 Å². The van der Waals surface area contributed by atoms with Gasteiger partial charge in [-0.15, -0.1) is 0 Å². The Morgan fingerprint density at radius 2 is 1.88 bits per heavy atom. The van der Waals surface area contributed by atoms with Crippen LogP contribution in [-0.4, -0.2) is 4.98 Å². The number of nitrogens with zero attached hydrogens (tertiary/aromatic N) is 2. The Labute approximate surface area is 103 Å². The number of rotatable bonds is 2. The third kappa shape index (κ3) is 2.61. The summed E-state index contributed by atoms with van der Waals surface area (Å²) in [6, 6.07) is 11.3. The summed E-state index contributed by atoms with van der Waals surface area (Å²) < 4.78 is 12.8. The Morgan fingerprint density at radius 1 is 1.18 bits per heavy atom. The van der Waals surface area contributed by atoms with E-state index in [1.165, 1.54) is 18.3 Å². The van der Waals surface area contributed by atoms with Gasteiger partial charge in [0.05, 0.1) is 16.8 Å². The predicted octanol–water partition coefficient (Wildman–Crippen LogP) is 3.53. The fourth-order valence-corrected chi connectivity index (χ4v) is 1.64. The molecular formula is C13H8ClFN2. The highest BCUT2D eigenvalue weighted by Crippen LogP contribution is 2.23. The first-order valence-corrected chi connectivity index (χ1v) is 5.35. The molecule has 0 radical (unpaired) electrons. The van der Waals surface area contributed by atoms with Crippen LogP contribution in [0.1, 0.15) is 17.2 Å². The fraction of sp³-hybridized carbons (Fsp3) is 0.0769. The lowest BCUT2D eigenvalue weighted by Gasteiger charge is -2.08. The van der Waals surface area contributed by atoms with Gasteiger partial charge in [0.2, 0.25) is 0 Å². The first kappa shape index (κ1) is 11.6. The van der Waals surface area contributed by atoms with Crippen LogP contribution < -0.4 is 0 Å². The van der Waals surface area contributed by atoms with Gasteiger partial charge < -0.3 is 0 Å². The first-order valence-electron chi connectivity index (χ1n) is 4.97. The van der Waals surface area contributed by atoms with E-state index in [0.29, 0.717) is 16.3 Å². The second-order valence-electron chi connectivity index (χ2n) is 3.51. The van der Waals surface area contributed by atoms with Crippen LogP contribution in [0, 0.1) is 17.1 Å². The first-order chi connectivity index (χ1) is 8.20. The molecule has 2 nitrogen and oxygen atoms in total. The molecule has 1 atom stereocenters. The summed E-state index contributed by atoms with van der Waals surface area (Å²) in [4.78, 5) is 4.10. The molecule has 0 N–H and O–H groups in total. The lowest BCUT2D eigenvalue weighted by molar-refractivity contribution is 0.627. The minimum atomic E-state index is -0.507. The van der Waals surface area contributed by atoms with Crippen molar-refractivity contribution in [1.29, 1.82) is 5.26 Å². The van der Waals surface area contributed by atoms with Crippen LogP contribution in [0.2, 0.25) is 5.02 Å². The summed E-state index contributed by atoms with van der Waals surface area (Å²) in [5.74, 6) is -0.831. The van der Waals surface area contributed by atoms with E-state index in [4.69, 9.17) is 16.9 Å². The van der Waals surface area contributed by atoms with Crippen LogP contribution in [-0.2, 0) is 0 Å². The number of benzene rings is 1. The molecule has 0 spiro atoms. The number of halogens is 2. The summed E-state index contributed by atoms with van der Waals surface area (Å²) >= 11 is 5.73. The molecule has 4 heteroatoms. The Morgan fingerprint density at radius 3 is 2.41 bits per heavy atom. The molecule has 17 heavy (non-hydrogen) atoms. The molecule has 1 aromatic heterocycles. The SMILES string of the molecule is N#CC(c1ccc(F)cc1)c1ccc(Cl)cn1. The average molecular weight is 247 g/mol. The molecule has 2 rings (SSSR count). The van der Waals surface area contributed by atoms with Crippen LogP contribution in [0.4, 0.5) is 4.39 Å². The highest BCUT2D eigenvalue weighted by molar-refractivity contribution is 6.30. The maximum atomic E-state index is 12.8. The van der Waals surface area contributed by atoms with Crippen molar-refractivity contribution >= 4 is 11.6 Å². The van der Waals surface area contributed by atoms with Crippen molar-refractivity contribution in [3.8, 4) is 6.07 Å². The predicted molar refractivity (Wildman–Crippen MR) is 63.1 cm³/mol. The van der Waals surface area contributed by atoms with E-state index in [1.807, 2.05) is 0 Å². The number of aromatic nitrogens is 1. The Kier molecular flexibility index (Phi) is 3.36. The van der Waals surface area contributed by atoms with Crippen LogP contribution in [0.5, 0.6) is 0 Å². The molecule has 1 heterocycles. The smallest absolute Gasteiger partial charge is 0.123 e.